The Hall–Kier alpha value is -0.0700. The Morgan fingerprint density at radius 1 is 1.38 bits per heavy atom. The number of methoxy groups -OCH3 is 2. The lowest BCUT2D eigenvalue weighted by atomic mass is 10.4. The fourth-order valence-corrected chi connectivity index (χ4v) is 2.99. The van der Waals surface area contributed by atoms with E-state index < -0.39 is 5.97 Å². The number of rotatable bonds is 2. The summed E-state index contributed by atoms with van der Waals surface area (Å²) >= 11 is 7.85. The van der Waals surface area contributed by atoms with Gasteiger partial charge < -0.3 is 9.47 Å². The molecular weight excluding hydrogens is 324 g/mol. The molecule has 3 nitrogen and oxygen atoms in total. The van der Waals surface area contributed by atoms with Gasteiger partial charge >= 0.3 is 5.97 Å². The Kier molecular flexibility index (Phi) is 3.75. The van der Waals surface area contributed by atoms with E-state index in [0.29, 0.717) is 10.6 Å². The minimum absolute atomic E-state index is 0.395. The zero-order chi connectivity index (χ0) is 10.0. The van der Waals surface area contributed by atoms with Crippen molar-refractivity contribution in [2.75, 3.05) is 14.2 Å². The molecule has 0 saturated carbocycles. The summed E-state index contributed by atoms with van der Waals surface area (Å²) in [6.07, 6.45) is 0. The first kappa shape index (κ1) is 11.0. The quantitative estimate of drug-likeness (QED) is 0.782. The fourth-order valence-electron chi connectivity index (χ4n) is 0.779. The molecule has 0 fully saturated rings. The SMILES string of the molecule is COC(=O)c1sc(Br)c(Br)c1OC. The first-order valence-electron chi connectivity index (χ1n) is 3.22. The van der Waals surface area contributed by atoms with Crippen molar-refractivity contribution in [3.63, 3.8) is 0 Å². The number of carbonyl (C=O) groups is 1. The van der Waals surface area contributed by atoms with Crippen LogP contribution in [0.15, 0.2) is 8.26 Å². The summed E-state index contributed by atoms with van der Waals surface area (Å²) in [7, 11) is 2.84. The van der Waals surface area contributed by atoms with Gasteiger partial charge in [0, 0.05) is 0 Å². The van der Waals surface area contributed by atoms with Gasteiger partial charge in [-0.25, -0.2) is 4.79 Å². The first-order chi connectivity index (χ1) is 6.11. The van der Waals surface area contributed by atoms with Crippen molar-refractivity contribution in [2.24, 2.45) is 0 Å². The molecule has 6 heteroatoms. The molecule has 0 amide bonds. The van der Waals surface area contributed by atoms with E-state index in [9.17, 15) is 4.79 Å². The topological polar surface area (TPSA) is 35.5 Å². The van der Waals surface area contributed by atoms with Crippen LogP contribution in [0.2, 0.25) is 0 Å². The molecule has 0 radical (unpaired) electrons. The largest absolute Gasteiger partial charge is 0.494 e. The first-order valence-corrected chi connectivity index (χ1v) is 5.62. The summed E-state index contributed by atoms with van der Waals surface area (Å²) in [4.78, 5) is 11.7. The summed E-state index contributed by atoms with van der Waals surface area (Å²) < 4.78 is 11.2. The van der Waals surface area contributed by atoms with Crippen molar-refractivity contribution >= 4 is 49.2 Å². The highest BCUT2D eigenvalue weighted by molar-refractivity contribution is 9.13. The van der Waals surface area contributed by atoms with Crippen LogP contribution in [0.4, 0.5) is 0 Å². The van der Waals surface area contributed by atoms with Crippen LogP contribution in [-0.4, -0.2) is 20.2 Å². The maximum absolute atomic E-state index is 11.2. The van der Waals surface area contributed by atoms with Gasteiger partial charge in [0.15, 0.2) is 10.6 Å². The minimum Gasteiger partial charge on any atom is -0.494 e. The van der Waals surface area contributed by atoms with Crippen LogP contribution in [0.1, 0.15) is 9.67 Å². The van der Waals surface area contributed by atoms with E-state index in [0.717, 1.165) is 8.26 Å². The second-order valence-electron chi connectivity index (χ2n) is 2.04. The van der Waals surface area contributed by atoms with Crippen LogP contribution in [0.25, 0.3) is 0 Å². The normalized spacial score (nSPS) is 9.85. The van der Waals surface area contributed by atoms with Crippen LogP contribution in [-0.2, 0) is 4.74 Å². The van der Waals surface area contributed by atoms with Crippen molar-refractivity contribution in [2.45, 2.75) is 0 Å². The molecule has 0 aliphatic heterocycles. The Balaban J connectivity index is 3.21. The molecule has 1 rings (SSSR count). The van der Waals surface area contributed by atoms with Crippen LogP contribution in [0.5, 0.6) is 5.75 Å². The average Bonchev–Trinajstić information content (AvgIpc) is 2.42. The number of carbonyl (C=O) groups excluding carboxylic acids is 1. The molecule has 0 aliphatic rings. The van der Waals surface area contributed by atoms with Gasteiger partial charge in [-0.2, -0.15) is 0 Å². The zero-order valence-corrected chi connectivity index (χ0v) is 10.9. The smallest absolute Gasteiger partial charge is 0.351 e. The van der Waals surface area contributed by atoms with Gasteiger partial charge in [-0.1, -0.05) is 0 Å². The van der Waals surface area contributed by atoms with E-state index in [1.807, 2.05) is 0 Å². The second-order valence-corrected chi connectivity index (χ2v) is 5.18. The third-order valence-electron chi connectivity index (χ3n) is 1.34. The van der Waals surface area contributed by atoms with E-state index in [-0.39, 0.29) is 0 Å². The Bertz CT molecular complexity index is 335. The lowest BCUT2D eigenvalue weighted by Crippen LogP contribution is -2.00. The molecule has 0 aromatic carbocycles. The highest BCUT2D eigenvalue weighted by Gasteiger charge is 2.21. The van der Waals surface area contributed by atoms with Crippen molar-refractivity contribution in [1.82, 2.24) is 0 Å². The van der Waals surface area contributed by atoms with Crippen molar-refractivity contribution in [3.8, 4) is 5.75 Å². The number of hydrogen-bond donors (Lipinski definition) is 0. The van der Waals surface area contributed by atoms with E-state index in [4.69, 9.17) is 4.74 Å². The van der Waals surface area contributed by atoms with Gasteiger partial charge in [0.25, 0.3) is 0 Å². The number of thiophene rings is 1. The lowest BCUT2D eigenvalue weighted by Gasteiger charge is -2.00. The predicted molar refractivity (Wildman–Crippen MR) is 57.6 cm³/mol. The highest BCUT2D eigenvalue weighted by atomic mass is 79.9. The van der Waals surface area contributed by atoms with Gasteiger partial charge in [0.2, 0.25) is 0 Å². The van der Waals surface area contributed by atoms with Crippen LogP contribution in [0.3, 0.4) is 0 Å². The van der Waals surface area contributed by atoms with E-state index >= 15 is 0 Å². The maximum Gasteiger partial charge on any atom is 0.351 e. The summed E-state index contributed by atoms with van der Waals surface area (Å²) in [6.45, 7) is 0. The highest BCUT2D eigenvalue weighted by Crippen LogP contribution is 2.43. The Morgan fingerprint density at radius 2 is 2.00 bits per heavy atom. The number of ether oxygens (including phenoxy) is 2. The zero-order valence-electron chi connectivity index (χ0n) is 6.89. The van der Waals surface area contributed by atoms with Crippen molar-refractivity contribution < 1.29 is 14.3 Å². The Labute approximate surface area is 96.3 Å². The number of hydrogen-bond acceptors (Lipinski definition) is 4. The molecule has 1 heterocycles. The third-order valence-corrected chi connectivity index (χ3v) is 4.72. The van der Waals surface area contributed by atoms with E-state index in [1.165, 1.54) is 25.6 Å². The summed E-state index contributed by atoms with van der Waals surface area (Å²) in [5, 5.41) is 0. The van der Waals surface area contributed by atoms with Crippen LogP contribution >= 0.6 is 43.2 Å². The minimum atomic E-state index is -0.395. The molecule has 72 valence electrons. The molecule has 0 bridgehead atoms. The van der Waals surface area contributed by atoms with Crippen molar-refractivity contribution in [1.29, 1.82) is 0 Å². The van der Waals surface area contributed by atoms with Gasteiger partial charge in [-0.05, 0) is 31.9 Å². The molecule has 0 aliphatic carbocycles. The molecule has 1 aromatic rings. The summed E-state index contributed by atoms with van der Waals surface area (Å²) in [6, 6.07) is 0. The molecule has 1 aromatic heterocycles. The van der Waals surface area contributed by atoms with E-state index in [2.05, 4.69) is 36.6 Å². The van der Waals surface area contributed by atoms with Crippen molar-refractivity contribution in [3.05, 3.63) is 13.1 Å². The summed E-state index contributed by atoms with van der Waals surface area (Å²) in [5.41, 5.74) is 0. The fraction of sp³-hybridized carbons (Fsp3) is 0.286. The standard InChI is InChI=1S/C7H6Br2O3S/c1-11-4-3(8)6(9)13-5(4)7(10)12-2/h1-2H3. The molecular formula is C7H6Br2O3S. The molecule has 0 N–H and O–H groups in total. The van der Waals surface area contributed by atoms with Gasteiger partial charge in [-0.15, -0.1) is 11.3 Å². The van der Waals surface area contributed by atoms with Gasteiger partial charge in [0.05, 0.1) is 22.5 Å². The monoisotopic (exact) mass is 328 g/mol. The van der Waals surface area contributed by atoms with Crippen LogP contribution in [0, 0.1) is 0 Å². The molecule has 13 heavy (non-hydrogen) atoms. The lowest BCUT2D eigenvalue weighted by molar-refractivity contribution is 0.0603. The maximum atomic E-state index is 11.2. The van der Waals surface area contributed by atoms with Gasteiger partial charge in [0.1, 0.15) is 0 Å². The number of halogens is 2. The third kappa shape index (κ3) is 2.05. The van der Waals surface area contributed by atoms with Gasteiger partial charge in [-0.3, -0.25) is 0 Å². The molecule has 0 atom stereocenters. The molecule has 0 unspecified atom stereocenters. The summed E-state index contributed by atoms with van der Waals surface area (Å²) in [5.74, 6) is 0.108. The average molecular weight is 330 g/mol. The predicted octanol–water partition coefficient (Wildman–Crippen LogP) is 3.07. The second kappa shape index (κ2) is 4.43. The van der Waals surface area contributed by atoms with Crippen LogP contribution < -0.4 is 4.74 Å². The molecule has 0 saturated heterocycles. The van der Waals surface area contributed by atoms with E-state index in [1.54, 1.807) is 0 Å². The number of esters is 1. The Morgan fingerprint density at radius 3 is 2.46 bits per heavy atom. The molecule has 0 spiro atoms.